The van der Waals surface area contributed by atoms with Crippen molar-refractivity contribution in [3.8, 4) is 22.2 Å². The first-order valence-corrected chi connectivity index (χ1v) is 13.3. The minimum Gasteiger partial charge on any atom is -0.454 e. The van der Waals surface area contributed by atoms with E-state index in [9.17, 15) is 8.42 Å². The van der Waals surface area contributed by atoms with Crippen LogP contribution in [0.4, 0.5) is 0 Å². The second kappa shape index (κ2) is 8.08. The van der Waals surface area contributed by atoms with Gasteiger partial charge in [0.1, 0.15) is 0 Å². The summed E-state index contributed by atoms with van der Waals surface area (Å²) in [6, 6.07) is 7.64. The summed E-state index contributed by atoms with van der Waals surface area (Å²) in [6.45, 7) is 5.06. The van der Waals surface area contributed by atoms with Crippen LogP contribution in [-0.2, 0) is 16.6 Å². The fourth-order valence-electron chi connectivity index (χ4n) is 4.23. The number of hydrogen-bond acceptors (Lipinski definition) is 9. The highest BCUT2D eigenvalue weighted by molar-refractivity contribution is 7.89. The van der Waals surface area contributed by atoms with Crippen LogP contribution >= 0.6 is 11.3 Å². The maximum absolute atomic E-state index is 13.4. The molecule has 0 radical (unpaired) electrons. The summed E-state index contributed by atoms with van der Waals surface area (Å²) in [5.74, 6) is 3.02. The van der Waals surface area contributed by atoms with E-state index in [0.717, 1.165) is 46.2 Å². The predicted molar refractivity (Wildman–Crippen MR) is 121 cm³/mol. The van der Waals surface area contributed by atoms with Gasteiger partial charge >= 0.3 is 0 Å². The molecule has 2 aromatic heterocycles. The van der Waals surface area contributed by atoms with Gasteiger partial charge in [-0.25, -0.2) is 8.42 Å². The topological polar surface area (TPSA) is 98.0 Å². The zero-order valence-electron chi connectivity index (χ0n) is 18.2. The standard InChI is InChI=1S/C22H24N4O5S2/c1-14-20(11-19(32-14)21-23-22(31-24-21)16-3-4-16)33(27,28)26-8-6-25(7-9-26)12-15-2-5-17-18(10-15)30-13-29-17/h2,5,10-11,16H,3-4,6-9,12-13H2,1H3. The summed E-state index contributed by atoms with van der Waals surface area (Å²) < 4.78 is 44.5. The van der Waals surface area contributed by atoms with Gasteiger partial charge < -0.3 is 14.0 Å². The van der Waals surface area contributed by atoms with E-state index in [4.69, 9.17) is 14.0 Å². The molecule has 3 aromatic rings. The fourth-order valence-corrected chi connectivity index (χ4v) is 7.14. The third-order valence-electron chi connectivity index (χ3n) is 6.25. The molecule has 174 valence electrons. The van der Waals surface area contributed by atoms with Gasteiger partial charge in [-0.2, -0.15) is 9.29 Å². The molecule has 0 spiro atoms. The highest BCUT2D eigenvalue weighted by Crippen LogP contribution is 2.41. The smallest absolute Gasteiger partial charge is 0.244 e. The van der Waals surface area contributed by atoms with Gasteiger partial charge in [-0.3, -0.25) is 4.90 Å². The van der Waals surface area contributed by atoms with E-state index < -0.39 is 10.0 Å². The lowest BCUT2D eigenvalue weighted by Crippen LogP contribution is -2.48. The molecule has 11 heteroatoms. The Labute approximate surface area is 196 Å². The molecule has 0 unspecified atom stereocenters. The number of fused-ring (bicyclic) bond motifs is 1. The van der Waals surface area contributed by atoms with E-state index in [1.54, 1.807) is 10.4 Å². The van der Waals surface area contributed by atoms with Crippen LogP contribution in [0.2, 0.25) is 0 Å². The Morgan fingerprint density at radius 3 is 2.67 bits per heavy atom. The van der Waals surface area contributed by atoms with Crippen LogP contribution in [-0.4, -0.2) is 60.7 Å². The van der Waals surface area contributed by atoms with Gasteiger partial charge in [0.25, 0.3) is 0 Å². The largest absolute Gasteiger partial charge is 0.454 e. The van der Waals surface area contributed by atoms with Gasteiger partial charge in [0.05, 0.1) is 9.77 Å². The van der Waals surface area contributed by atoms with E-state index in [2.05, 4.69) is 15.0 Å². The van der Waals surface area contributed by atoms with Crippen molar-refractivity contribution in [1.82, 2.24) is 19.3 Å². The predicted octanol–water partition coefficient (Wildman–Crippen LogP) is 3.22. The first-order chi connectivity index (χ1) is 16.0. The van der Waals surface area contributed by atoms with Crippen molar-refractivity contribution < 1.29 is 22.4 Å². The molecule has 0 N–H and O–H groups in total. The molecular weight excluding hydrogens is 464 g/mol. The molecule has 2 aliphatic heterocycles. The molecule has 1 saturated heterocycles. The van der Waals surface area contributed by atoms with E-state index >= 15 is 0 Å². The summed E-state index contributed by atoms with van der Waals surface area (Å²) in [5.41, 5.74) is 1.12. The lowest BCUT2D eigenvalue weighted by Gasteiger charge is -2.34. The minimum absolute atomic E-state index is 0.257. The molecule has 3 aliphatic rings. The minimum atomic E-state index is -3.59. The average molecular weight is 489 g/mol. The third-order valence-corrected chi connectivity index (χ3v) is 9.45. The maximum Gasteiger partial charge on any atom is 0.244 e. The number of piperazine rings is 1. The van der Waals surface area contributed by atoms with E-state index in [1.165, 1.54) is 11.3 Å². The van der Waals surface area contributed by atoms with Crippen molar-refractivity contribution in [3.63, 3.8) is 0 Å². The fraction of sp³-hybridized carbons (Fsp3) is 0.455. The molecule has 0 atom stereocenters. The first-order valence-electron chi connectivity index (χ1n) is 11.0. The van der Waals surface area contributed by atoms with Crippen LogP contribution in [0.1, 0.15) is 35.1 Å². The summed E-state index contributed by atoms with van der Waals surface area (Å²) in [5, 5.41) is 4.06. The molecule has 1 saturated carbocycles. The maximum atomic E-state index is 13.4. The van der Waals surface area contributed by atoms with Gasteiger partial charge in [0.15, 0.2) is 11.5 Å². The zero-order valence-corrected chi connectivity index (χ0v) is 19.8. The van der Waals surface area contributed by atoms with Gasteiger partial charge in [-0.05, 0) is 43.5 Å². The Bertz CT molecular complexity index is 1290. The van der Waals surface area contributed by atoms with Crippen molar-refractivity contribution >= 4 is 21.4 Å². The average Bonchev–Trinajstić information content (AvgIpc) is 3.20. The number of rotatable bonds is 6. The number of ether oxygens (including phenoxy) is 2. The van der Waals surface area contributed by atoms with E-state index in [-0.39, 0.29) is 6.79 Å². The zero-order chi connectivity index (χ0) is 22.6. The van der Waals surface area contributed by atoms with Crippen molar-refractivity contribution in [2.24, 2.45) is 0 Å². The Balaban J connectivity index is 1.13. The Hall–Kier alpha value is -2.47. The lowest BCUT2D eigenvalue weighted by atomic mass is 10.2. The third kappa shape index (κ3) is 4.03. The summed E-state index contributed by atoms with van der Waals surface area (Å²) in [4.78, 5) is 8.53. The first kappa shape index (κ1) is 21.1. The van der Waals surface area contributed by atoms with Crippen LogP contribution in [0.5, 0.6) is 11.5 Å². The summed E-state index contributed by atoms with van der Waals surface area (Å²) >= 11 is 1.39. The van der Waals surface area contributed by atoms with Gasteiger partial charge in [-0.15, -0.1) is 11.3 Å². The summed E-state index contributed by atoms with van der Waals surface area (Å²) in [7, 11) is -3.59. The highest BCUT2D eigenvalue weighted by Gasteiger charge is 2.33. The van der Waals surface area contributed by atoms with Crippen molar-refractivity contribution in [3.05, 3.63) is 40.6 Å². The van der Waals surface area contributed by atoms with Gasteiger partial charge in [0, 0.05) is 43.5 Å². The van der Waals surface area contributed by atoms with Crippen molar-refractivity contribution in [1.29, 1.82) is 0 Å². The Kier molecular flexibility index (Phi) is 5.17. The Morgan fingerprint density at radius 1 is 1.09 bits per heavy atom. The van der Waals surface area contributed by atoms with Crippen LogP contribution in [0.25, 0.3) is 10.7 Å². The Morgan fingerprint density at radius 2 is 1.88 bits per heavy atom. The molecule has 1 aromatic carbocycles. The molecule has 0 bridgehead atoms. The normalized spacial score (nSPS) is 19.3. The van der Waals surface area contributed by atoms with Crippen molar-refractivity contribution in [2.75, 3.05) is 33.0 Å². The van der Waals surface area contributed by atoms with Gasteiger partial charge in [-0.1, -0.05) is 11.2 Å². The molecule has 6 rings (SSSR count). The van der Waals surface area contributed by atoms with Gasteiger partial charge in [0.2, 0.25) is 28.5 Å². The number of thiophene rings is 1. The molecule has 0 amide bonds. The number of hydrogen-bond donors (Lipinski definition) is 0. The molecule has 33 heavy (non-hydrogen) atoms. The number of benzene rings is 1. The number of nitrogens with zero attached hydrogens (tertiary/aromatic N) is 4. The van der Waals surface area contributed by atoms with Crippen molar-refractivity contribution in [2.45, 2.75) is 37.1 Å². The second-order valence-corrected chi connectivity index (χ2v) is 11.8. The molecule has 1 aliphatic carbocycles. The van der Waals surface area contributed by atoms with Crippen LogP contribution in [0, 0.1) is 6.92 Å². The molecule has 2 fully saturated rings. The monoisotopic (exact) mass is 488 g/mol. The summed E-state index contributed by atoms with van der Waals surface area (Å²) in [6.07, 6.45) is 2.15. The molecular formula is C22H24N4O5S2. The number of aryl methyl sites for hydroxylation is 1. The highest BCUT2D eigenvalue weighted by atomic mass is 32.2. The van der Waals surface area contributed by atoms with E-state index in [0.29, 0.717) is 48.7 Å². The number of sulfonamides is 1. The lowest BCUT2D eigenvalue weighted by molar-refractivity contribution is 0.173. The quantitative estimate of drug-likeness (QED) is 0.522. The molecule has 4 heterocycles. The number of aromatic nitrogens is 2. The van der Waals surface area contributed by atoms with Crippen LogP contribution < -0.4 is 9.47 Å². The second-order valence-electron chi connectivity index (χ2n) is 8.63. The molecule has 9 nitrogen and oxygen atoms in total. The van der Waals surface area contributed by atoms with Crippen LogP contribution in [0.3, 0.4) is 0 Å². The van der Waals surface area contributed by atoms with E-state index in [1.807, 2.05) is 25.1 Å². The van der Waals surface area contributed by atoms with Crippen LogP contribution in [0.15, 0.2) is 33.7 Å². The SMILES string of the molecule is Cc1sc(-c2noc(C3CC3)n2)cc1S(=O)(=O)N1CCN(Cc2ccc3c(c2)OCO3)CC1.